The smallest absolute Gasteiger partial charge is 0.225 e. The highest BCUT2D eigenvalue weighted by atomic mass is 16.5. The predicted molar refractivity (Wildman–Crippen MR) is 68.6 cm³/mol. The van der Waals surface area contributed by atoms with Crippen molar-refractivity contribution in [1.82, 2.24) is 9.97 Å². The van der Waals surface area contributed by atoms with E-state index in [1.807, 2.05) is 25.1 Å². The minimum Gasteiger partial charge on any atom is -0.438 e. The van der Waals surface area contributed by atoms with Crippen LogP contribution in [0.15, 0.2) is 36.5 Å². The molecule has 0 radical (unpaired) electrons. The Balaban J connectivity index is 2.20. The van der Waals surface area contributed by atoms with Crippen molar-refractivity contribution in [1.29, 1.82) is 0 Å². The van der Waals surface area contributed by atoms with Gasteiger partial charge in [-0.3, -0.25) is 0 Å². The standard InChI is InChI=1S/C13H15N3O2/c1-2-14-13-15-8-7-12(16-13)18-11-6-4-3-5-10(11)9-17/h3-8,17H,2,9H2,1H3,(H,14,15,16). The first-order valence-corrected chi connectivity index (χ1v) is 5.77. The lowest BCUT2D eigenvalue weighted by Crippen LogP contribution is -2.02. The number of anilines is 1. The molecule has 0 aliphatic heterocycles. The lowest BCUT2D eigenvalue weighted by molar-refractivity contribution is 0.276. The van der Waals surface area contributed by atoms with Crippen molar-refractivity contribution in [2.75, 3.05) is 11.9 Å². The molecular formula is C13H15N3O2. The number of nitrogens with one attached hydrogen (secondary N) is 1. The maximum absolute atomic E-state index is 9.21. The summed E-state index contributed by atoms with van der Waals surface area (Å²) in [7, 11) is 0. The second-order valence-corrected chi connectivity index (χ2v) is 3.62. The first-order valence-electron chi connectivity index (χ1n) is 5.77. The Morgan fingerprint density at radius 2 is 2.11 bits per heavy atom. The van der Waals surface area contributed by atoms with E-state index in [0.29, 0.717) is 17.6 Å². The molecule has 0 aliphatic rings. The van der Waals surface area contributed by atoms with Gasteiger partial charge in [-0.2, -0.15) is 4.98 Å². The highest BCUT2D eigenvalue weighted by Crippen LogP contribution is 2.23. The van der Waals surface area contributed by atoms with Gasteiger partial charge in [-0.15, -0.1) is 0 Å². The van der Waals surface area contributed by atoms with Crippen molar-refractivity contribution in [3.05, 3.63) is 42.1 Å². The summed E-state index contributed by atoms with van der Waals surface area (Å²) in [6.45, 7) is 2.65. The SMILES string of the molecule is CCNc1nccc(Oc2ccccc2CO)n1. The minimum atomic E-state index is -0.0681. The van der Waals surface area contributed by atoms with E-state index in [-0.39, 0.29) is 6.61 Å². The number of aromatic nitrogens is 2. The average Bonchev–Trinajstić information content (AvgIpc) is 2.40. The van der Waals surface area contributed by atoms with Gasteiger partial charge in [0.1, 0.15) is 5.75 Å². The number of aliphatic hydroxyl groups excluding tert-OH is 1. The van der Waals surface area contributed by atoms with Crippen LogP contribution in [0.5, 0.6) is 11.6 Å². The van der Waals surface area contributed by atoms with Gasteiger partial charge in [0.2, 0.25) is 11.8 Å². The summed E-state index contributed by atoms with van der Waals surface area (Å²) in [6, 6.07) is 8.97. The second kappa shape index (κ2) is 5.97. The summed E-state index contributed by atoms with van der Waals surface area (Å²) in [6.07, 6.45) is 1.63. The Hall–Kier alpha value is -2.14. The van der Waals surface area contributed by atoms with Crippen LogP contribution in [-0.2, 0) is 6.61 Å². The van der Waals surface area contributed by atoms with Crippen molar-refractivity contribution in [3.63, 3.8) is 0 Å². The minimum absolute atomic E-state index is 0.0681. The number of ether oxygens (including phenoxy) is 1. The molecule has 0 saturated heterocycles. The van der Waals surface area contributed by atoms with Gasteiger partial charge >= 0.3 is 0 Å². The fraction of sp³-hybridized carbons (Fsp3) is 0.231. The van der Waals surface area contributed by atoms with E-state index < -0.39 is 0 Å². The third-order valence-corrected chi connectivity index (χ3v) is 2.32. The monoisotopic (exact) mass is 245 g/mol. The molecule has 0 amide bonds. The summed E-state index contributed by atoms with van der Waals surface area (Å²) >= 11 is 0. The van der Waals surface area contributed by atoms with Crippen LogP contribution in [-0.4, -0.2) is 21.6 Å². The zero-order valence-corrected chi connectivity index (χ0v) is 10.1. The molecular weight excluding hydrogens is 230 g/mol. The normalized spacial score (nSPS) is 10.1. The van der Waals surface area contributed by atoms with Crippen LogP contribution in [0, 0.1) is 0 Å². The molecule has 0 atom stereocenters. The Morgan fingerprint density at radius 3 is 2.89 bits per heavy atom. The zero-order valence-electron chi connectivity index (χ0n) is 10.1. The molecule has 1 aromatic carbocycles. The third kappa shape index (κ3) is 2.95. The highest BCUT2D eigenvalue weighted by molar-refractivity contribution is 5.36. The largest absolute Gasteiger partial charge is 0.438 e. The number of nitrogens with zero attached hydrogens (tertiary/aromatic N) is 2. The first-order chi connectivity index (χ1) is 8.83. The summed E-state index contributed by atoms with van der Waals surface area (Å²) in [5.41, 5.74) is 0.723. The van der Waals surface area contributed by atoms with Crippen molar-refractivity contribution >= 4 is 5.95 Å². The number of benzene rings is 1. The van der Waals surface area contributed by atoms with E-state index in [1.54, 1.807) is 18.3 Å². The van der Waals surface area contributed by atoms with Crippen LogP contribution < -0.4 is 10.1 Å². The van der Waals surface area contributed by atoms with Crippen molar-refractivity contribution < 1.29 is 9.84 Å². The van der Waals surface area contributed by atoms with Crippen LogP contribution in [0.2, 0.25) is 0 Å². The van der Waals surface area contributed by atoms with Crippen LogP contribution in [0.25, 0.3) is 0 Å². The quantitative estimate of drug-likeness (QED) is 0.845. The van der Waals surface area contributed by atoms with Gasteiger partial charge in [-0.25, -0.2) is 4.98 Å². The Morgan fingerprint density at radius 1 is 1.28 bits per heavy atom. The lowest BCUT2D eigenvalue weighted by Gasteiger charge is -2.09. The molecule has 0 aliphatic carbocycles. The molecule has 1 aromatic heterocycles. The average molecular weight is 245 g/mol. The van der Waals surface area contributed by atoms with Gasteiger partial charge in [-0.1, -0.05) is 18.2 Å². The second-order valence-electron chi connectivity index (χ2n) is 3.62. The molecule has 0 spiro atoms. The number of aliphatic hydroxyl groups is 1. The van der Waals surface area contributed by atoms with Gasteiger partial charge in [0.05, 0.1) is 6.61 Å². The fourth-order valence-electron chi connectivity index (χ4n) is 1.49. The van der Waals surface area contributed by atoms with E-state index in [0.717, 1.165) is 12.1 Å². The molecule has 94 valence electrons. The summed E-state index contributed by atoms with van der Waals surface area (Å²) in [5.74, 6) is 1.57. The first kappa shape index (κ1) is 12.3. The summed E-state index contributed by atoms with van der Waals surface area (Å²) in [4.78, 5) is 8.27. The summed E-state index contributed by atoms with van der Waals surface area (Å²) < 4.78 is 5.64. The van der Waals surface area contributed by atoms with E-state index >= 15 is 0 Å². The number of para-hydroxylation sites is 1. The highest BCUT2D eigenvalue weighted by Gasteiger charge is 2.05. The molecule has 0 saturated carbocycles. The van der Waals surface area contributed by atoms with E-state index in [4.69, 9.17) is 4.74 Å². The number of hydrogen-bond acceptors (Lipinski definition) is 5. The molecule has 0 bridgehead atoms. The van der Waals surface area contributed by atoms with Gasteiger partial charge < -0.3 is 15.2 Å². The number of rotatable bonds is 5. The van der Waals surface area contributed by atoms with Crippen LogP contribution in [0.3, 0.4) is 0 Å². The van der Waals surface area contributed by atoms with Crippen LogP contribution in [0.1, 0.15) is 12.5 Å². The zero-order chi connectivity index (χ0) is 12.8. The van der Waals surface area contributed by atoms with Crippen LogP contribution >= 0.6 is 0 Å². The third-order valence-electron chi connectivity index (χ3n) is 2.32. The maximum Gasteiger partial charge on any atom is 0.225 e. The van der Waals surface area contributed by atoms with Gasteiger partial charge in [0.15, 0.2) is 0 Å². The van der Waals surface area contributed by atoms with Crippen molar-refractivity contribution in [2.45, 2.75) is 13.5 Å². The fourth-order valence-corrected chi connectivity index (χ4v) is 1.49. The molecule has 5 heteroatoms. The topological polar surface area (TPSA) is 67.3 Å². The van der Waals surface area contributed by atoms with Gasteiger partial charge in [-0.05, 0) is 13.0 Å². The van der Waals surface area contributed by atoms with Crippen LogP contribution in [0.4, 0.5) is 5.95 Å². The molecule has 2 rings (SSSR count). The lowest BCUT2D eigenvalue weighted by atomic mass is 10.2. The summed E-state index contributed by atoms with van der Waals surface area (Å²) in [5, 5.41) is 12.2. The van der Waals surface area contributed by atoms with Crippen molar-refractivity contribution in [3.8, 4) is 11.6 Å². The molecule has 2 N–H and O–H groups in total. The van der Waals surface area contributed by atoms with E-state index in [1.165, 1.54) is 0 Å². The molecule has 5 nitrogen and oxygen atoms in total. The molecule has 1 heterocycles. The molecule has 18 heavy (non-hydrogen) atoms. The molecule has 0 fully saturated rings. The van der Waals surface area contributed by atoms with Gasteiger partial charge in [0.25, 0.3) is 0 Å². The van der Waals surface area contributed by atoms with E-state index in [9.17, 15) is 5.11 Å². The maximum atomic E-state index is 9.21. The van der Waals surface area contributed by atoms with Crippen molar-refractivity contribution in [2.24, 2.45) is 0 Å². The van der Waals surface area contributed by atoms with Gasteiger partial charge in [0, 0.05) is 24.4 Å². The predicted octanol–water partition coefficient (Wildman–Crippen LogP) is 2.19. The Kier molecular flexibility index (Phi) is 4.09. The van der Waals surface area contributed by atoms with E-state index in [2.05, 4.69) is 15.3 Å². The molecule has 0 unspecified atom stereocenters. The Bertz CT molecular complexity index is 517. The molecule has 2 aromatic rings. The number of hydrogen-bond donors (Lipinski definition) is 2. The Labute approximate surface area is 105 Å².